The Morgan fingerprint density at radius 3 is 2.30 bits per heavy atom. The van der Waals surface area contributed by atoms with Crippen LogP contribution in [0.3, 0.4) is 0 Å². The van der Waals surface area contributed by atoms with E-state index in [9.17, 15) is 8.78 Å². The minimum Gasteiger partial charge on any atom is -0.204 e. The predicted molar refractivity (Wildman–Crippen MR) is 43.9 cm³/mol. The predicted octanol–water partition coefficient (Wildman–Crippen LogP) is -0.276. The Kier molecular flexibility index (Phi) is 2.05. The molecule has 0 radical (unpaired) electrons. The summed E-state index contributed by atoms with van der Waals surface area (Å²) >= 11 is 0. The monoisotopic (exact) mass is 158 g/mol. The van der Waals surface area contributed by atoms with Gasteiger partial charge >= 0.3 is 0 Å². The van der Waals surface area contributed by atoms with Crippen LogP contribution in [0.4, 0.5) is 8.78 Å². The molecule has 0 saturated carbocycles. The van der Waals surface area contributed by atoms with Crippen LogP contribution in [0, 0.1) is 11.6 Å². The second-order valence-corrected chi connectivity index (χ2v) is 2.72. The molecule has 0 amide bonds. The molecular weight excluding hydrogens is 152 g/mol. The molecule has 0 bridgehead atoms. The highest BCUT2D eigenvalue weighted by Gasteiger charge is 2.05. The summed E-state index contributed by atoms with van der Waals surface area (Å²) in [6, 6.07) is 3.07. The van der Waals surface area contributed by atoms with Crippen molar-refractivity contribution in [3.8, 4) is 0 Å². The van der Waals surface area contributed by atoms with Gasteiger partial charge in [0.25, 0.3) is 0 Å². The Bertz CT molecular complexity index is 235. The van der Waals surface area contributed by atoms with E-state index in [1.54, 1.807) is 6.07 Å². The minimum atomic E-state index is -0.773. The number of rotatable bonds is 0. The maximum absolute atomic E-state index is 12.6. The fourth-order valence-corrected chi connectivity index (χ4v) is 0.884. The topological polar surface area (TPSA) is 0 Å². The van der Waals surface area contributed by atoms with E-state index in [0.29, 0.717) is 5.46 Å². The number of hydrogen-bond acceptors (Lipinski definition) is 0. The summed E-state index contributed by atoms with van der Waals surface area (Å²) in [7, 11) is 3.66. The molecule has 10 heavy (non-hydrogen) atoms. The van der Waals surface area contributed by atoms with Gasteiger partial charge in [-0.2, -0.15) is 0 Å². The summed E-state index contributed by atoms with van der Waals surface area (Å²) in [4.78, 5) is 0. The van der Waals surface area contributed by atoms with Crippen LogP contribution in [0.5, 0.6) is 0 Å². The van der Waals surface area contributed by atoms with E-state index in [4.69, 9.17) is 0 Å². The summed E-state index contributed by atoms with van der Waals surface area (Å²) in [5.74, 6) is -1.53. The Balaban J connectivity index is 3.34. The van der Waals surface area contributed by atoms with Crippen LogP contribution in [0.2, 0.25) is 0 Å². The zero-order valence-corrected chi connectivity index (χ0v) is 6.64. The zero-order chi connectivity index (χ0) is 7.72. The molecule has 0 nitrogen and oxygen atoms in total. The Hall–Kier alpha value is -0.425. The SMILES string of the molecule is Bc1ccc(P)c(F)c1F. The van der Waals surface area contributed by atoms with E-state index in [-0.39, 0.29) is 5.30 Å². The van der Waals surface area contributed by atoms with Gasteiger partial charge < -0.3 is 0 Å². The number of benzene rings is 1. The second-order valence-electron chi connectivity index (χ2n) is 2.10. The first-order valence-electron chi connectivity index (χ1n) is 2.83. The highest BCUT2D eigenvalue weighted by molar-refractivity contribution is 7.27. The van der Waals surface area contributed by atoms with Crippen molar-refractivity contribution in [2.24, 2.45) is 0 Å². The molecule has 0 aromatic heterocycles. The van der Waals surface area contributed by atoms with Gasteiger partial charge in [-0.15, -0.1) is 9.24 Å². The molecule has 0 aliphatic carbocycles. The molecule has 0 fully saturated rings. The first-order chi connectivity index (χ1) is 4.63. The van der Waals surface area contributed by atoms with Gasteiger partial charge in [0.2, 0.25) is 0 Å². The highest BCUT2D eigenvalue weighted by Crippen LogP contribution is 2.01. The van der Waals surface area contributed by atoms with Gasteiger partial charge in [0, 0.05) is 5.30 Å². The first kappa shape index (κ1) is 7.68. The van der Waals surface area contributed by atoms with Gasteiger partial charge in [-0.25, -0.2) is 8.78 Å². The van der Waals surface area contributed by atoms with Gasteiger partial charge in [0.1, 0.15) is 7.85 Å². The zero-order valence-electron chi connectivity index (χ0n) is 5.49. The third-order valence-electron chi connectivity index (χ3n) is 1.31. The first-order valence-corrected chi connectivity index (χ1v) is 3.40. The Labute approximate surface area is 61.2 Å². The van der Waals surface area contributed by atoms with E-state index >= 15 is 0 Å². The van der Waals surface area contributed by atoms with Gasteiger partial charge in [-0.3, -0.25) is 0 Å². The summed E-state index contributed by atoms with van der Waals surface area (Å²) in [6.07, 6.45) is 0. The molecule has 1 atom stereocenters. The van der Waals surface area contributed by atoms with Crippen LogP contribution in [-0.4, -0.2) is 7.85 Å². The van der Waals surface area contributed by atoms with Crippen molar-refractivity contribution < 1.29 is 8.78 Å². The van der Waals surface area contributed by atoms with Gasteiger partial charge in [0.05, 0.1) is 0 Å². The van der Waals surface area contributed by atoms with E-state index < -0.39 is 11.6 Å². The summed E-state index contributed by atoms with van der Waals surface area (Å²) in [5, 5.41) is 0.267. The molecule has 0 aliphatic rings. The van der Waals surface area contributed by atoms with Gasteiger partial charge in [0.15, 0.2) is 11.6 Å². The van der Waals surface area contributed by atoms with Crippen molar-refractivity contribution in [2.45, 2.75) is 0 Å². The van der Waals surface area contributed by atoms with Crippen LogP contribution in [0.25, 0.3) is 0 Å². The average molecular weight is 158 g/mol. The van der Waals surface area contributed by atoms with Gasteiger partial charge in [-0.05, 0) is 0 Å². The molecule has 0 spiro atoms. The van der Waals surface area contributed by atoms with E-state index in [0.717, 1.165) is 0 Å². The molecule has 4 heteroatoms. The van der Waals surface area contributed by atoms with E-state index in [1.807, 2.05) is 0 Å². The molecule has 0 aliphatic heterocycles. The maximum Gasteiger partial charge on any atom is 0.165 e. The lowest BCUT2D eigenvalue weighted by Crippen LogP contribution is -2.16. The average Bonchev–Trinajstić information content (AvgIpc) is 1.93. The fourth-order valence-electron chi connectivity index (χ4n) is 0.661. The molecule has 0 saturated heterocycles. The van der Waals surface area contributed by atoms with Crippen molar-refractivity contribution in [2.75, 3.05) is 0 Å². The minimum absolute atomic E-state index is 0.267. The fraction of sp³-hybridized carbons (Fsp3) is 0. The largest absolute Gasteiger partial charge is 0.204 e. The van der Waals surface area contributed by atoms with Crippen LogP contribution in [0.15, 0.2) is 12.1 Å². The molecule has 1 unspecified atom stereocenters. The smallest absolute Gasteiger partial charge is 0.165 e. The van der Waals surface area contributed by atoms with E-state index in [1.165, 1.54) is 13.9 Å². The third kappa shape index (κ3) is 1.19. The summed E-state index contributed by atoms with van der Waals surface area (Å²) < 4.78 is 25.2. The molecule has 52 valence electrons. The Morgan fingerprint density at radius 2 is 1.80 bits per heavy atom. The summed E-state index contributed by atoms with van der Waals surface area (Å²) in [6.45, 7) is 0. The number of halogens is 2. The standard InChI is InChI=1S/C6H6BF2P/c7-3-1-2-4(10)6(9)5(3)8/h1-2H,7,10H2. The molecule has 0 N–H and O–H groups in total. The maximum atomic E-state index is 12.6. The molecule has 1 rings (SSSR count). The Morgan fingerprint density at radius 1 is 1.20 bits per heavy atom. The quantitative estimate of drug-likeness (QED) is 0.360. The number of hydrogen-bond donors (Lipinski definition) is 0. The summed E-state index contributed by atoms with van der Waals surface area (Å²) in [5.41, 5.74) is 0.337. The molecule has 1 aromatic carbocycles. The lowest BCUT2D eigenvalue weighted by atomic mass is 9.96. The molecule has 1 aromatic rings. The van der Waals surface area contributed by atoms with E-state index in [2.05, 4.69) is 9.24 Å². The van der Waals surface area contributed by atoms with Gasteiger partial charge in [-0.1, -0.05) is 17.6 Å². The molecule has 0 heterocycles. The lowest BCUT2D eigenvalue weighted by molar-refractivity contribution is 0.520. The van der Waals surface area contributed by atoms with Crippen LogP contribution in [-0.2, 0) is 0 Å². The van der Waals surface area contributed by atoms with Crippen molar-refractivity contribution in [1.82, 2.24) is 0 Å². The molecular formula is C6H6BF2P. The highest BCUT2D eigenvalue weighted by atomic mass is 31.0. The van der Waals surface area contributed by atoms with Crippen molar-refractivity contribution >= 4 is 27.9 Å². The van der Waals surface area contributed by atoms with Crippen molar-refractivity contribution in [3.05, 3.63) is 23.8 Å². The van der Waals surface area contributed by atoms with Crippen LogP contribution in [0.1, 0.15) is 0 Å². The van der Waals surface area contributed by atoms with Crippen LogP contribution < -0.4 is 10.8 Å². The van der Waals surface area contributed by atoms with Crippen molar-refractivity contribution in [1.29, 1.82) is 0 Å². The second kappa shape index (κ2) is 2.67. The lowest BCUT2D eigenvalue weighted by Gasteiger charge is -1.99. The normalized spacial score (nSPS) is 9.90. The third-order valence-corrected chi connectivity index (χ3v) is 1.75. The van der Waals surface area contributed by atoms with Crippen LogP contribution >= 0.6 is 9.24 Å². The van der Waals surface area contributed by atoms with Crippen molar-refractivity contribution in [3.63, 3.8) is 0 Å².